The van der Waals surface area contributed by atoms with Gasteiger partial charge in [0, 0.05) is 30.6 Å². The number of likely N-dealkylation sites (N-methyl/N-ethyl adjacent to an activating group) is 1. The fraction of sp³-hybridized carbons (Fsp3) is 0.440. The fourth-order valence-corrected chi connectivity index (χ4v) is 4.61. The lowest BCUT2D eigenvalue weighted by Crippen LogP contribution is -2.36. The summed E-state index contributed by atoms with van der Waals surface area (Å²) in [5.41, 5.74) is 5.92. The summed E-state index contributed by atoms with van der Waals surface area (Å²) in [6, 6.07) is 11.0. The molecule has 2 aliphatic rings. The van der Waals surface area contributed by atoms with Crippen LogP contribution in [0.25, 0.3) is 6.08 Å². The van der Waals surface area contributed by atoms with Crippen molar-refractivity contribution in [2.45, 2.75) is 58.0 Å². The number of carbonyl (C=O) groups is 2. The highest BCUT2D eigenvalue weighted by atomic mass is 16.5. The van der Waals surface area contributed by atoms with Gasteiger partial charge >= 0.3 is 5.97 Å². The van der Waals surface area contributed by atoms with E-state index in [2.05, 4.69) is 36.6 Å². The van der Waals surface area contributed by atoms with Gasteiger partial charge in [-0.15, -0.1) is 0 Å². The molecular weight excluding hydrogens is 376 g/mol. The summed E-state index contributed by atoms with van der Waals surface area (Å²) in [4.78, 5) is 26.5. The molecule has 2 aromatic rings. The first kappa shape index (κ1) is 20.5. The average molecular weight is 407 g/mol. The van der Waals surface area contributed by atoms with E-state index in [4.69, 9.17) is 4.74 Å². The zero-order valence-corrected chi connectivity index (χ0v) is 18.1. The van der Waals surface area contributed by atoms with Crippen LogP contribution < -0.4 is 0 Å². The van der Waals surface area contributed by atoms with Crippen molar-refractivity contribution >= 4 is 18.0 Å². The molecule has 1 atom stereocenters. The molecule has 0 aliphatic heterocycles. The Hall–Kier alpha value is -2.82. The molecule has 0 bridgehead atoms. The number of esters is 1. The highest BCUT2D eigenvalue weighted by Crippen LogP contribution is 2.38. The second-order valence-electron chi connectivity index (χ2n) is 8.48. The van der Waals surface area contributed by atoms with Gasteiger partial charge in [-0.1, -0.05) is 24.3 Å². The van der Waals surface area contributed by atoms with Crippen LogP contribution in [0, 0.1) is 13.8 Å². The predicted molar refractivity (Wildman–Crippen MR) is 117 cm³/mol. The van der Waals surface area contributed by atoms with E-state index >= 15 is 0 Å². The number of ether oxygens (including phenoxy) is 1. The number of aromatic nitrogens is 1. The van der Waals surface area contributed by atoms with Crippen LogP contribution in [0.15, 0.2) is 36.4 Å². The van der Waals surface area contributed by atoms with Gasteiger partial charge in [0.2, 0.25) is 0 Å². The van der Waals surface area contributed by atoms with Crippen molar-refractivity contribution in [2.75, 3.05) is 13.7 Å². The van der Waals surface area contributed by atoms with Gasteiger partial charge in [-0.3, -0.25) is 4.79 Å². The molecule has 1 amide bonds. The molecule has 158 valence electrons. The molecule has 1 aromatic carbocycles. The largest absolute Gasteiger partial charge is 0.452 e. The molecule has 5 heteroatoms. The molecule has 1 saturated carbocycles. The summed E-state index contributed by atoms with van der Waals surface area (Å²) in [5, 5.41) is 0. The number of hydrogen-bond acceptors (Lipinski definition) is 3. The molecular formula is C25H30N2O3. The van der Waals surface area contributed by atoms with Crippen LogP contribution in [0.4, 0.5) is 0 Å². The topological polar surface area (TPSA) is 51.5 Å². The minimum atomic E-state index is -0.489. The molecule has 1 fully saturated rings. The maximum Gasteiger partial charge on any atom is 0.331 e. The van der Waals surface area contributed by atoms with Crippen LogP contribution in [-0.2, 0) is 20.7 Å². The van der Waals surface area contributed by atoms with E-state index in [-0.39, 0.29) is 18.6 Å². The van der Waals surface area contributed by atoms with E-state index in [1.54, 1.807) is 18.0 Å². The number of rotatable bonds is 6. The summed E-state index contributed by atoms with van der Waals surface area (Å²) in [7, 11) is 1.80. The van der Waals surface area contributed by atoms with Gasteiger partial charge in [-0.25, -0.2) is 4.79 Å². The minimum absolute atomic E-state index is 0.0458. The van der Waals surface area contributed by atoms with Gasteiger partial charge in [-0.2, -0.15) is 0 Å². The lowest BCUT2D eigenvalue weighted by Gasteiger charge is -2.33. The van der Waals surface area contributed by atoms with E-state index in [9.17, 15) is 9.59 Å². The molecule has 0 spiro atoms. The van der Waals surface area contributed by atoms with Gasteiger partial charge in [0.05, 0.1) is 6.04 Å². The Bertz CT molecular complexity index is 984. The zero-order chi connectivity index (χ0) is 21.3. The van der Waals surface area contributed by atoms with Crippen LogP contribution in [0.2, 0.25) is 0 Å². The molecule has 30 heavy (non-hydrogen) atoms. The van der Waals surface area contributed by atoms with Crippen molar-refractivity contribution in [3.05, 3.63) is 64.5 Å². The van der Waals surface area contributed by atoms with Crippen molar-refractivity contribution in [2.24, 2.45) is 0 Å². The van der Waals surface area contributed by atoms with Crippen LogP contribution in [-0.4, -0.2) is 35.0 Å². The van der Waals surface area contributed by atoms with Crippen LogP contribution in [0.1, 0.15) is 65.8 Å². The van der Waals surface area contributed by atoms with Crippen LogP contribution >= 0.6 is 0 Å². The van der Waals surface area contributed by atoms with E-state index in [1.807, 2.05) is 12.1 Å². The zero-order valence-electron chi connectivity index (χ0n) is 18.1. The minimum Gasteiger partial charge on any atom is -0.452 e. The smallest absolute Gasteiger partial charge is 0.331 e. The van der Waals surface area contributed by atoms with Gasteiger partial charge in [0.1, 0.15) is 0 Å². The van der Waals surface area contributed by atoms with Crippen molar-refractivity contribution in [1.82, 2.24) is 9.47 Å². The average Bonchev–Trinajstić information content (AvgIpc) is 3.54. The Morgan fingerprint density at radius 3 is 2.73 bits per heavy atom. The quantitative estimate of drug-likeness (QED) is 0.523. The Morgan fingerprint density at radius 2 is 1.97 bits per heavy atom. The third-order valence-corrected chi connectivity index (χ3v) is 6.37. The Kier molecular flexibility index (Phi) is 5.80. The second-order valence-corrected chi connectivity index (χ2v) is 8.48. The third-order valence-electron chi connectivity index (χ3n) is 6.37. The number of amides is 1. The molecule has 0 radical (unpaired) electrons. The number of fused-ring (bicyclic) bond motifs is 1. The maximum atomic E-state index is 12.6. The van der Waals surface area contributed by atoms with Crippen molar-refractivity contribution in [3.8, 4) is 0 Å². The Balaban J connectivity index is 1.33. The number of benzene rings is 1. The molecule has 5 nitrogen and oxygen atoms in total. The monoisotopic (exact) mass is 406 g/mol. The third kappa shape index (κ3) is 4.20. The molecule has 2 aliphatic carbocycles. The van der Waals surface area contributed by atoms with Gasteiger partial charge in [0.15, 0.2) is 6.61 Å². The maximum absolute atomic E-state index is 12.6. The van der Waals surface area contributed by atoms with Crippen molar-refractivity contribution < 1.29 is 14.3 Å². The predicted octanol–water partition coefficient (Wildman–Crippen LogP) is 4.53. The van der Waals surface area contributed by atoms with Crippen LogP contribution in [0.3, 0.4) is 0 Å². The number of aryl methyl sites for hydroxylation is 2. The van der Waals surface area contributed by atoms with E-state index in [0.29, 0.717) is 6.04 Å². The molecule has 4 rings (SSSR count). The number of hydrogen-bond donors (Lipinski definition) is 0. The Morgan fingerprint density at radius 1 is 1.20 bits per heavy atom. The highest BCUT2D eigenvalue weighted by Gasteiger charge is 2.27. The fourth-order valence-electron chi connectivity index (χ4n) is 4.61. The van der Waals surface area contributed by atoms with Crippen molar-refractivity contribution in [1.29, 1.82) is 0 Å². The van der Waals surface area contributed by atoms with Gasteiger partial charge in [0.25, 0.3) is 5.91 Å². The summed E-state index contributed by atoms with van der Waals surface area (Å²) in [6.45, 7) is 3.94. The summed E-state index contributed by atoms with van der Waals surface area (Å²) in [6.07, 6.45) is 8.70. The highest BCUT2D eigenvalue weighted by molar-refractivity contribution is 5.89. The Labute approximate surface area is 178 Å². The van der Waals surface area contributed by atoms with E-state index in [1.165, 1.54) is 41.4 Å². The molecule has 0 unspecified atom stereocenters. The molecule has 1 aromatic heterocycles. The first-order valence-corrected chi connectivity index (χ1v) is 10.8. The summed E-state index contributed by atoms with van der Waals surface area (Å²) in [5.74, 6) is -0.664. The van der Waals surface area contributed by atoms with E-state index < -0.39 is 5.97 Å². The summed E-state index contributed by atoms with van der Waals surface area (Å²) < 4.78 is 7.58. The SMILES string of the molecule is Cc1cc(/C=C/C(=O)OCC(=O)N(C)[C@H]2CCCc3ccccc32)c(C)n1C1CC1. The number of carbonyl (C=O) groups excluding carboxylic acids is 2. The van der Waals surface area contributed by atoms with Crippen molar-refractivity contribution in [3.63, 3.8) is 0 Å². The van der Waals surface area contributed by atoms with Crippen LogP contribution in [0.5, 0.6) is 0 Å². The second kappa shape index (κ2) is 8.50. The molecule has 0 saturated heterocycles. The van der Waals surface area contributed by atoms with E-state index in [0.717, 1.165) is 24.8 Å². The first-order valence-electron chi connectivity index (χ1n) is 10.8. The lowest BCUT2D eigenvalue weighted by molar-refractivity contribution is -0.148. The number of nitrogens with zero attached hydrogens (tertiary/aromatic N) is 2. The first-order chi connectivity index (χ1) is 14.5. The van der Waals surface area contributed by atoms with Gasteiger partial charge < -0.3 is 14.2 Å². The standard InChI is InChI=1S/C25H30N2O3/c1-17-15-20(18(2)27(17)21-12-13-21)11-14-25(29)30-16-24(28)26(3)23-10-6-8-19-7-4-5-9-22(19)23/h4-5,7,9,11,14-15,21,23H,6,8,10,12-13,16H2,1-3H3/b14-11+/t23-/m0/s1. The molecule has 1 heterocycles. The normalized spacial score (nSPS) is 18.3. The lowest BCUT2D eigenvalue weighted by atomic mass is 9.87. The van der Waals surface area contributed by atoms with Gasteiger partial charge in [-0.05, 0) is 74.8 Å². The molecule has 0 N–H and O–H groups in total. The summed E-state index contributed by atoms with van der Waals surface area (Å²) >= 11 is 0.